The van der Waals surface area contributed by atoms with Gasteiger partial charge in [0.1, 0.15) is 34.5 Å². The van der Waals surface area contributed by atoms with Gasteiger partial charge in [-0.2, -0.15) is 0 Å². The van der Waals surface area contributed by atoms with Crippen molar-refractivity contribution in [2.75, 3.05) is 13.7 Å². The number of carbonyl (C=O) groups is 2. The lowest BCUT2D eigenvalue weighted by molar-refractivity contribution is -0.120. The quantitative estimate of drug-likeness (QED) is 0.524. The van der Waals surface area contributed by atoms with Crippen LogP contribution in [0.4, 0.5) is 13.6 Å². The summed E-state index contributed by atoms with van der Waals surface area (Å²) in [6.07, 6.45) is 1.17. The minimum Gasteiger partial charge on any atom is -0.497 e. The molecule has 1 aliphatic heterocycles. The van der Waals surface area contributed by atoms with Gasteiger partial charge in [-0.3, -0.25) is 4.79 Å². The molecule has 3 amide bonds. The van der Waals surface area contributed by atoms with Gasteiger partial charge in [0.25, 0.3) is 0 Å². The molecule has 33 heavy (non-hydrogen) atoms. The number of fused-ring (bicyclic) bond motifs is 1. The highest BCUT2D eigenvalue weighted by Gasteiger charge is 2.51. The highest BCUT2D eigenvalue weighted by molar-refractivity contribution is 6.31. The van der Waals surface area contributed by atoms with Crippen LogP contribution in [0, 0.1) is 11.6 Å². The first-order valence-corrected chi connectivity index (χ1v) is 10.6. The van der Waals surface area contributed by atoms with Gasteiger partial charge in [0.2, 0.25) is 11.8 Å². The van der Waals surface area contributed by atoms with Gasteiger partial charge in [-0.05, 0) is 31.0 Å². The molecule has 1 aromatic heterocycles. The Morgan fingerprint density at radius 2 is 2.00 bits per heavy atom. The van der Waals surface area contributed by atoms with Crippen LogP contribution < -0.4 is 20.7 Å². The molecular formula is C22H19ClF2N4O4. The Morgan fingerprint density at radius 1 is 1.27 bits per heavy atom. The van der Waals surface area contributed by atoms with Crippen LogP contribution >= 0.6 is 11.6 Å². The van der Waals surface area contributed by atoms with Crippen LogP contribution in [0.3, 0.4) is 0 Å². The molecule has 0 spiro atoms. The Balaban J connectivity index is 1.35. The maximum atomic E-state index is 14.6. The number of methoxy groups -OCH3 is 1. The molecule has 5 rings (SSSR count). The van der Waals surface area contributed by atoms with E-state index in [0.717, 1.165) is 12.1 Å². The third kappa shape index (κ3) is 3.84. The third-order valence-corrected chi connectivity index (χ3v) is 6.22. The van der Waals surface area contributed by atoms with Crippen molar-refractivity contribution >= 4 is 34.6 Å². The molecule has 1 saturated heterocycles. The largest absolute Gasteiger partial charge is 0.497 e. The van der Waals surface area contributed by atoms with Gasteiger partial charge >= 0.3 is 6.03 Å². The summed E-state index contributed by atoms with van der Waals surface area (Å²) in [4.78, 5) is 29.6. The van der Waals surface area contributed by atoms with E-state index in [2.05, 4.69) is 20.9 Å². The molecule has 0 bridgehead atoms. The lowest BCUT2D eigenvalue weighted by atomic mass is 9.93. The molecule has 1 saturated carbocycles. The molecule has 2 aromatic carbocycles. The SMILES string of the molecule is COc1cc(F)c([C@@H]2CNC(=O)[C@H]2NC(=O)NC2(c3nc4cc(Cl)ccc4o3)CC2)c(F)c1. The van der Waals surface area contributed by atoms with Crippen molar-refractivity contribution in [1.29, 1.82) is 0 Å². The normalized spacial score (nSPS) is 21.0. The van der Waals surface area contributed by atoms with Crippen molar-refractivity contribution in [3.63, 3.8) is 0 Å². The smallest absolute Gasteiger partial charge is 0.316 e. The molecule has 2 aliphatic rings. The monoisotopic (exact) mass is 476 g/mol. The van der Waals surface area contributed by atoms with Crippen molar-refractivity contribution in [3.05, 3.63) is 58.4 Å². The predicted molar refractivity (Wildman–Crippen MR) is 114 cm³/mol. The van der Waals surface area contributed by atoms with E-state index in [1.54, 1.807) is 18.2 Å². The molecule has 0 radical (unpaired) electrons. The molecule has 3 N–H and O–H groups in total. The van der Waals surface area contributed by atoms with Crippen molar-refractivity contribution in [2.45, 2.75) is 30.3 Å². The molecule has 0 unspecified atom stereocenters. The number of halogens is 3. The van der Waals surface area contributed by atoms with Crippen LogP contribution in [0.25, 0.3) is 11.1 Å². The van der Waals surface area contributed by atoms with E-state index in [-0.39, 0.29) is 17.9 Å². The number of ether oxygens (including phenoxy) is 1. The summed E-state index contributed by atoms with van der Waals surface area (Å²) in [5, 5.41) is 8.41. The number of carbonyl (C=O) groups excluding carboxylic acids is 2. The van der Waals surface area contributed by atoms with Gasteiger partial charge in [0, 0.05) is 35.2 Å². The zero-order valence-electron chi connectivity index (χ0n) is 17.4. The van der Waals surface area contributed by atoms with Crippen molar-refractivity contribution < 1.29 is 27.5 Å². The molecule has 8 nitrogen and oxygen atoms in total. The standard InChI is InChI=1S/C22H19ClF2N4O4/c1-32-11-7-13(24)17(14(25)8-11)12-9-26-19(30)18(12)28-21(31)29-22(4-5-22)20-27-15-6-10(23)2-3-16(15)33-20/h2-3,6-8,12,18H,4-5,9H2,1H3,(H,26,30)(H2,28,29,31)/t12-,18-/m0/s1. The highest BCUT2D eigenvalue weighted by Crippen LogP contribution is 2.46. The van der Waals surface area contributed by atoms with Crippen molar-refractivity contribution in [1.82, 2.24) is 20.9 Å². The number of rotatable bonds is 5. The number of hydrogen-bond donors (Lipinski definition) is 3. The third-order valence-electron chi connectivity index (χ3n) is 5.99. The second-order valence-electron chi connectivity index (χ2n) is 8.15. The van der Waals surface area contributed by atoms with E-state index < -0.39 is 41.1 Å². The number of oxazole rings is 1. The van der Waals surface area contributed by atoms with E-state index in [0.29, 0.717) is 34.9 Å². The van der Waals surface area contributed by atoms with Gasteiger partial charge in [-0.1, -0.05) is 11.6 Å². The maximum Gasteiger partial charge on any atom is 0.316 e. The Kier molecular flexibility index (Phi) is 5.12. The molecule has 2 atom stereocenters. The van der Waals surface area contributed by atoms with E-state index in [9.17, 15) is 18.4 Å². The Morgan fingerprint density at radius 3 is 2.67 bits per heavy atom. The number of hydrogen-bond acceptors (Lipinski definition) is 5. The summed E-state index contributed by atoms with van der Waals surface area (Å²) in [6.45, 7) is -0.0268. The zero-order chi connectivity index (χ0) is 23.3. The lowest BCUT2D eigenvalue weighted by Gasteiger charge is -2.22. The number of urea groups is 1. The first kappa shape index (κ1) is 21.4. The second kappa shape index (κ2) is 7.87. The predicted octanol–water partition coefficient (Wildman–Crippen LogP) is 3.34. The highest BCUT2D eigenvalue weighted by atomic mass is 35.5. The number of nitrogens with one attached hydrogen (secondary N) is 3. The summed E-state index contributed by atoms with van der Waals surface area (Å²) in [6, 6.07) is 5.26. The van der Waals surface area contributed by atoms with E-state index >= 15 is 0 Å². The maximum absolute atomic E-state index is 14.6. The molecular weight excluding hydrogens is 458 g/mol. The number of amides is 3. The summed E-state index contributed by atoms with van der Waals surface area (Å²) in [5.74, 6) is -2.84. The van der Waals surface area contributed by atoms with E-state index in [1.807, 2.05) is 0 Å². The number of aromatic nitrogens is 1. The fraction of sp³-hybridized carbons (Fsp3) is 0.318. The molecule has 2 heterocycles. The summed E-state index contributed by atoms with van der Waals surface area (Å²) < 4.78 is 39.9. The summed E-state index contributed by atoms with van der Waals surface area (Å²) in [5.41, 5.74) is -0.0248. The minimum absolute atomic E-state index is 0.0172. The van der Waals surface area contributed by atoms with Gasteiger partial charge in [-0.25, -0.2) is 18.6 Å². The zero-order valence-corrected chi connectivity index (χ0v) is 18.1. The van der Waals surface area contributed by atoms with Crippen LogP contribution in [0.15, 0.2) is 34.7 Å². The first-order valence-electron chi connectivity index (χ1n) is 10.3. The van der Waals surface area contributed by atoms with Crippen LogP contribution in [0.5, 0.6) is 5.75 Å². The average molecular weight is 477 g/mol. The van der Waals surface area contributed by atoms with Crippen molar-refractivity contribution in [2.24, 2.45) is 0 Å². The summed E-state index contributed by atoms with van der Waals surface area (Å²) >= 11 is 5.99. The average Bonchev–Trinajstić information content (AvgIpc) is 3.28. The fourth-order valence-electron chi connectivity index (χ4n) is 4.11. The van der Waals surface area contributed by atoms with Gasteiger partial charge in [-0.15, -0.1) is 0 Å². The molecule has 1 aliphatic carbocycles. The Bertz CT molecular complexity index is 1250. The van der Waals surface area contributed by atoms with Gasteiger partial charge in [0.05, 0.1) is 7.11 Å². The van der Waals surface area contributed by atoms with Crippen LogP contribution in [-0.2, 0) is 10.3 Å². The number of nitrogens with zero attached hydrogens (tertiary/aromatic N) is 1. The Labute approximate surface area is 191 Å². The topological polar surface area (TPSA) is 105 Å². The molecule has 2 fully saturated rings. The first-order chi connectivity index (χ1) is 15.8. The van der Waals surface area contributed by atoms with Crippen LogP contribution in [0.2, 0.25) is 5.02 Å². The van der Waals surface area contributed by atoms with E-state index in [4.69, 9.17) is 20.8 Å². The van der Waals surface area contributed by atoms with Crippen LogP contribution in [0.1, 0.15) is 30.2 Å². The van der Waals surface area contributed by atoms with Crippen molar-refractivity contribution in [3.8, 4) is 5.75 Å². The lowest BCUT2D eigenvalue weighted by Crippen LogP contribution is -2.50. The fourth-order valence-corrected chi connectivity index (χ4v) is 4.27. The van der Waals surface area contributed by atoms with E-state index in [1.165, 1.54) is 7.11 Å². The summed E-state index contributed by atoms with van der Waals surface area (Å²) in [7, 11) is 1.29. The minimum atomic E-state index is -1.17. The number of benzene rings is 2. The van der Waals surface area contributed by atoms with Gasteiger partial charge in [0.15, 0.2) is 5.58 Å². The second-order valence-corrected chi connectivity index (χ2v) is 8.58. The molecule has 172 valence electrons. The van der Waals surface area contributed by atoms with Crippen LogP contribution in [-0.4, -0.2) is 36.6 Å². The Hall–Kier alpha value is -3.40. The van der Waals surface area contributed by atoms with Gasteiger partial charge < -0.3 is 25.1 Å². The molecule has 11 heteroatoms. The molecule has 3 aromatic rings.